The molecule has 0 bridgehead atoms. The van der Waals surface area contributed by atoms with Crippen molar-refractivity contribution in [1.29, 1.82) is 0 Å². The van der Waals surface area contributed by atoms with Crippen LogP contribution in [0.2, 0.25) is 0 Å². The van der Waals surface area contributed by atoms with Crippen molar-refractivity contribution in [2.45, 2.75) is 187 Å². The van der Waals surface area contributed by atoms with Gasteiger partial charge in [0.1, 0.15) is 6.61 Å². The molecule has 0 rings (SSSR count). The summed E-state index contributed by atoms with van der Waals surface area (Å²) in [6.45, 7) is 4.07. The van der Waals surface area contributed by atoms with Gasteiger partial charge in [0, 0.05) is 12.8 Å². The van der Waals surface area contributed by atoms with E-state index in [1.165, 1.54) is 103 Å². The van der Waals surface area contributed by atoms with Crippen LogP contribution in [0.25, 0.3) is 0 Å². The van der Waals surface area contributed by atoms with E-state index >= 15 is 0 Å². The summed E-state index contributed by atoms with van der Waals surface area (Å²) in [6, 6.07) is 0. The lowest BCUT2D eigenvalue weighted by Crippen LogP contribution is -2.28. The smallest absolute Gasteiger partial charge is 0.306 e. The number of aliphatic hydroxyl groups excluding tert-OH is 1. The van der Waals surface area contributed by atoms with E-state index in [1.807, 2.05) is 0 Å². The minimum atomic E-state index is -0.777. The number of aliphatic hydroxyl groups is 1. The third kappa shape index (κ3) is 33.0. The molecule has 0 spiro atoms. The highest BCUT2D eigenvalue weighted by molar-refractivity contribution is 5.70. The van der Waals surface area contributed by atoms with Crippen LogP contribution < -0.4 is 0 Å². The Kier molecular flexibility index (Phi) is 34.1. The van der Waals surface area contributed by atoms with Crippen molar-refractivity contribution in [2.24, 2.45) is 0 Å². The fraction of sp³-hybridized carbons (Fsp3) is 0.795. The number of ether oxygens (including phenoxy) is 2. The second kappa shape index (κ2) is 35.6. The van der Waals surface area contributed by atoms with E-state index in [4.69, 9.17) is 9.47 Å². The van der Waals surface area contributed by atoms with Crippen molar-refractivity contribution in [2.75, 3.05) is 13.2 Å². The molecule has 0 aromatic rings. The Labute approximate surface area is 272 Å². The molecule has 256 valence electrons. The summed E-state index contributed by atoms with van der Waals surface area (Å²) in [6.07, 6.45) is 41.9. The van der Waals surface area contributed by atoms with Crippen molar-refractivity contribution in [3.63, 3.8) is 0 Å². The number of carbonyl (C=O) groups is 2. The Morgan fingerprint density at radius 2 is 0.909 bits per heavy atom. The quantitative estimate of drug-likeness (QED) is 0.0450. The summed E-state index contributed by atoms with van der Waals surface area (Å²) in [5.74, 6) is -0.612. The van der Waals surface area contributed by atoms with Gasteiger partial charge in [-0.05, 0) is 70.6 Å². The number of hydrogen-bond donors (Lipinski definition) is 1. The van der Waals surface area contributed by atoms with E-state index < -0.39 is 6.10 Å². The van der Waals surface area contributed by atoms with Gasteiger partial charge in [-0.2, -0.15) is 0 Å². The third-order valence-corrected chi connectivity index (χ3v) is 7.91. The lowest BCUT2D eigenvalue weighted by molar-refractivity contribution is -0.161. The maximum atomic E-state index is 12.1. The maximum absolute atomic E-state index is 12.1. The van der Waals surface area contributed by atoms with E-state index in [0.717, 1.165) is 51.4 Å². The van der Waals surface area contributed by atoms with Gasteiger partial charge in [0.15, 0.2) is 6.10 Å². The van der Waals surface area contributed by atoms with Crippen LogP contribution in [0, 0.1) is 0 Å². The topological polar surface area (TPSA) is 72.8 Å². The molecule has 0 saturated carbocycles. The monoisotopic (exact) mass is 619 g/mol. The zero-order valence-corrected chi connectivity index (χ0v) is 28.9. The van der Waals surface area contributed by atoms with Gasteiger partial charge in [0.2, 0.25) is 0 Å². The third-order valence-electron chi connectivity index (χ3n) is 7.91. The van der Waals surface area contributed by atoms with Crippen LogP contribution in [-0.2, 0) is 19.1 Å². The summed E-state index contributed by atoms with van der Waals surface area (Å²) in [7, 11) is 0. The average molecular weight is 619 g/mol. The van der Waals surface area contributed by atoms with Crippen LogP contribution in [0.4, 0.5) is 0 Å². The molecule has 0 aliphatic heterocycles. The number of allylic oxidation sites excluding steroid dienone is 6. The van der Waals surface area contributed by atoms with Crippen LogP contribution in [0.5, 0.6) is 0 Å². The standard InChI is InChI=1S/C39H70O5/c1-3-5-7-9-11-13-15-17-19-21-23-25-27-29-31-33-38(41)43-36-37(35-40)44-39(42)34-32-30-28-26-24-22-20-18-16-14-12-10-8-6-4-2/h12-15,18,20,37,40H,3-11,16-17,19,21-36H2,1-2H3. The molecule has 0 aliphatic carbocycles. The molecule has 44 heavy (non-hydrogen) atoms. The molecule has 0 amide bonds. The van der Waals surface area contributed by atoms with E-state index in [2.05, 4.69) is 50.3 Å². The molecule has 1 N–H and O–H groups in total. The van der Waals surface area contributed by atoms with Gasteiger partial charge >= 0.3 is 11.9 Å². The van der Waals surface area contributed by atoms with E-state index in [0.29, 0.717) is 12.8 Å². The number of carbonyl (C=O) groups excluding carboxylic acids is 2. The Balaban J connectivity index is 3.60. The predicted octanol–water partition coefficient (Wildman–Crippen LogP) is 11.3. The Morgan fingerprint density at radius 1 is 0.523 bits per heavy atom. The Hall–Kier alpha value is -1.88. The molecule has 0 fully saturated rings. The predicted molar refractivity (Wildman–Crippen MR) is 187 cm³/mol. The molecule has 1 atom stereocenters. The molecule has 0 aliphatic rings. The van der Waals surface area contributed by atoms with Gasteiger partial charge in [0.05, 0.1) is 6.61 Å². The first-order valence-corrected chi connectivity index (χ1v) is 18.5. The van der Waals surface area contributed by atoms with E-state index in [9.17, 15) is 14.7 Å². The summed E-state index contributed by atoms with van der Waals surface area (Å²) in [4.78, 5) is 24.2. The fourth-order valence-corrected chi connectivity index (χ4v) is 5.05. The summed E-state index contributed by atoms with van der Waals surface area (Å²) >= 11 is 0. The fourth-order valence-electron chi connectivity index (χ4n) is 5.05. The first-order valence-electron chi connectivity index (χ1n) is 18.5. The zero-order chi connectivity index (χ0) is 32.2. The SMILES string of the molecule is CCCCCC=CCC=CCCCCCCCC(=O)OC(CO)COC(=O)CCCCCCCCCC=CCCCCCC. The lowest BCUT2D eigenvalue weighted by Gasteiger charge is -2.15. The molecule has 0 saturated heterocycles. The second-order valence-corrected chi connectivity index (χ2v) is 12.3. The van der Waals surface area contributed by atoms with E-state index in [-0.39, 0.29) is 25.2 Å². The molecule has 5 heteroatoms. The molecule has 0 heterocycles. The second-order valence-electron chi connectivity index (χ2n) is 12.3. The molecule has 0 aromatic heterocycles. The van der Waals surface area contributed by atoms with Gasteiger partial charge < -0.3 is 14.6 Å². The minimum absolute atomic E-state index is 0.0730. The highest BCUT2D eigenvalue weighted by Crippen LogP contribution is 2.12. The zero-order valence-electron chi connectivity index (χ0n) is 28.9. The maximum Gasteiger partial charge on any atom is 0.306 e. The molecule has 5 nitrogen and oxygen atoms in total. The largest absolute Gasteiger partial charge is 0.462 e. The Bertz CT molecular complexity index is 711. The van der Waals surface area contributed by atoms with Crippen LogP contribution in [0.1, 0.15) is 181 Å². The first kappa shape index (κ1) is 42.1. The van der Waals surface area contributed by atoms with Crippen molar-refractivity contribution in [3.05, 3.63) is 36.5 Å². The number of rotatable bonds is 33. The first-order chi connectivity index (χ1) is 21.6. The number of hydrogen-bond acceptors (Lipinski definition) is 5. The van der Waals surface area contributed by atoms with Crippen molar-refractivity contribution >= 4 is 11.9 Å². The van der Waals surface area contributed by atoms with Crippen LogP contribution in [-0.4, -0.2) is 36.4 Å². The summed E-state index contributed by atoms with van der Waals surface area (Å²) < 4.78 is 10.6. The number of esters is 2. The molecule has 0 radical (unpaired) electrons. The van der Waals surface area contributed by atoms with Gasteiger partial charge in [-0.15, -0.1) is 0 Å². The highest BCUT2D eigenvalue weighted by Gasteiger charge is 2.16. The minimum Gasteiger partial charge on any atom is -0.462 e. The lowest BCUT2D eigenvalue weighted by atomic mass is 10.1. The average Bonchev–Trinajstić information content (AvgIpc) is 3.02. The van der Waals surface area contributed by atoms with Crippen LogP contribution in [0.15, 0.2) is 36.5 Å². The highest BCUT2D eigenvalue weighted by atomic mass is 16.6. The summed E-state index contributed by atoms with van der Waals surface area (Å²) in [5, 5.41) is 9.53. The van der Waals surface area contributed by atoms with Gasteiger partial charge in [-0.1, -0.05) is 134 Å². The molecular formula is C39H70O5. The van der Waals surface area contributed by atoms with Crippen LogP contribution in [0.3, 0.4) is 0 Å². The Morgan fingerprint density at radius 3 is 1.41 bits per heavy atom. The molecular weight excluding hydrogens is 548 g/mol. The van der Waals surface area contributed by atoms with E-state index in [1.54, 1.807) is 0 Å². The van der Waals surface area contributed by atoms with Gasteiger partial charge in [0.25, 0.3) is 0 Å². The van der Waals surface area contributed by atoms with Gasteiger partial charge in [-0.25, -0.2) is 0 Å². The number of unbranched alkanes of at least 4 members (excludes halogenated alkanes) is 19. The normalized spacial score (nSPS) is 12.5. The van der Waals surface area contributed by atoms with Gasteiger partial charge in [-0.3, -0.25) is 9.59 Å². The molecule has 0 aromatic carbocycles. The van der Waals surface area contributed by atoms with Crippen molar-refractivity contribution in [1.82, 2.24) is 0 Å². The van der Waals surface area contributed by atoms with Crippen molar-refractivity contribution < 1.29 is 24.2 Å². The molecule has 1 unspecified atom stereocenters. The van der Waals surface area contributed by atoms with Crippen LogP contribution >= 0.6 is 0 Å². The van der Waals surface area contributed by atoms with Crippen molar-refractivity contribution in [3.8, 4) is 0 Å². The summed E-state index contributed by atoms with van der Waals surface area (Å²) in [5.41, 5.74) is 0.